The van der Waals surface area contributed by atoms with Gasteiger partial charge in [0.2, 0.25) is 5.95 Å². The minimum absolute atomic E-state index is 0.00315. The highest BCUT2D eigenvalue weighted by Crippen LogP contribution is 2.24. The van der Waals surface area contributed by atoms with Gasteiger partial charge in [-0.1, -0.05) is 6.07 Å². The van der Waals surface area contributed by atoms with Gasteiger partial charge in [0.05, 0.1) is 11.6 Å². The number of nitrogens with zero attached hydrogens (tertiary/aromatic N) is 2. The van der Waals surface area contributed by atoms with Crippen LogP contribution < -0.4 is 0 Å². The van der Waals surface area contributed by atoms with Crippen molar-refractivity contribution in [3.8, 4) is 0 Å². The van der Waals surface area contributed by atoms with Crippen molar-refractivity contribution < 1.29 is 9.18 Å². The summed E-state index contributed by atoms with van der Waals surface area (Å²) in [6.45, 7) is 1.91. The molecule has 0 bridgehead atoms. The molecule has 2 aromatic rings. The SMILES string of the molecule is CC(c1cccs1)N(C)C(=O)c1cccnc1F. The lowest BCUT2D eigenvalue weighted by molar-refractivity contribution is 0.0739. The molecule has 0 radical (unpaired) electrons. The van der Waals surface area contributed by atoms with Gasteiger partial charge in [-0.25, -0.2) is 4.98 Å². The zero-order valence-corrected chi connectivity index (χ0v) is 10.9. The predicted molar refractivity (Wildman–Crippen MR) is 69.0 cm³/mol. The van der Waals surface area contributed by atoms with Gasteiger partial charge < -0.3 is 4.90 Å². The highest BCUT2D eigenvalue weighted by Gasteiger charge is 2.22. The van der Waals surface area contributed by atoms with E-state index in [4.69, 9.17) is 0 Å². The van der Waals surface area contributed by atoms with Gasteiger partial charge in [-0.15, -0.1) is 11.3 Å². The van der Waals surface area contributed by atoms with Crippen LogP contribution in [0.15, 0.2) is 35.8 Å². The van der Waals surface area contributed by atoms with E-state index in [0.29, 0.717) is 0 Å². The monoisotopic (exact) mass is 264 g/mol. The summed E-state index contributed by atoms with van der Waals surface area (Å²) in [5, 5.41) is 1.95. The van der Waals surface area contributed by atoms with Crippen LogP contribution in [-0.4, -0.2) is 22.8 Å². The number of pyridine rings is 1. The first-order chi connectivity index (χ1) is 8.61. The minimum Gasteiger partial charge on any atom is -0.334 e. The largest absolute Gasteiger partial charge is 0.334 e. The molecule has 3 nitrogen and oxygen atoms in total. The zero-order valence-electron chi connectivity index (χ0n) is 10.1. The summed E-state index contributed by atoms with van der Waals surface area (Å²) in [5.74, 6) is -1.09. The fourth-order valence-electron chi connectivity index (χ4n) is 1.63. The highest BCUT2D eigenvalue weighted by molar-refractivity contribution is 7.10. The van der Waals surface area contributed by atoms with Crippen LogP contribution in [0, 0.1) is 5.95 Å². The van der Waals surface area contributed by atoms with E-state index in [0.717, 1.165) is 4.88 Å². The Bertz CT molecular complexity index is 542. The van der Waals surface area contributed by atoms with Crippen molar-refractivity contribution in [1.82, 2.24) is 9.88 Å². The molecular formula is C13H13FN2OS. The van der Waals surface area contributed by atoms with Crippen LogP contribution in [0.4, 0.5) is 4.39 Å². The fraction of sp³-hybridized carbons (Fsp3) is 0.231. The number of thiophene rings is 1. The van der Waals surface area contributed by atoms with E-state index in [1.54, 1.807) is 24.5 Å². The first-order valence-corrected chi connectivity index (χ1v) is 6.40. The second-order valence-corrected chi connectivity index (χ2v) is 4.93. The molecule has 0 aliphatic heterocycles. The van der Waals surface area contributed by atoms with Crippen molar-refractivity contribution in [2.24, 2.45) is 0 Å². The molecule has 1 amide bonds. The molecule has 18 heavy (non-hydrogen) atoms. The predicted octanol–water partition coefficient (Wildman–Crippen LogP) is 3.12. The van der Waals surface area contributed by atoms with Crippen molar-refractivity contribution in [2.75, 3.05) is 7.05 Å². The number of rotatable bonds is 3. The lowest BCUT2D eigenvalue weighted by Crippen LogP contribution is -2.30. The summed E-state index contributed by atoms with van der Waals surface area (Å²) in [7, 11) is 1.67. The number of carbonyl (C=O) groups is 1. The summed E-state index contributed by atoms with van der Waals surface area (Å²) in [4.78, 5) is 18.2. The van der Waals surface area contributed by atoms with E-state index >= 15 is 0 Å². The normalized spacial score (nSPS) is 12.2. The Morgan fingerprint density at radius 1 is 1.44 bits per heavy atom. The summed E-state index contributed by atoms with van der Waals surface area (Å²) >= 11 is 1.57. The van der Waals surface area contributed by atoms with Gasteiger partial charge in [-0.05, 0) is 30.5 Å². The number of halogens is 1. The first kappa shape index (κ1) is 12.7. The van der Waals surface area contributed by atoms with E-state index in [1.165, 1.54) is 17.2 Å². The molecule has 0 aromatic carbocycles. The number of hydrogen-bond acceptors (Lipinski definition) is 3. The van der Waals surface area contributed by atoms with Crippen molar-refractivity contribution in [3.63, 3.8) is 0 Å². The topological polar surface area (TPSA) is 33.2 Å². The third kappa shape index (κ3) is 2.41. The first-order valence-electron chi connectivity index (χ1n) is 5.52. The summed E-state index contributed by atoms with van der Waals surface area (Å²) in [6, 6.07) is 6.80. The molecule has 0 N–H and O–H groups in total. The Morgan fingerprint density at radius 2 is 2.22 bits per heavy atom. The van der Waals surface area contributed by atoms with Crippen LogP contribution >= 0.6 is 11.3 Å². The molecule has 0 aliphatic carbocycles. The lowest BCUT2D eigenvalue weighted by atomic mass is 10.2. The van der Waals surface area contributed by atoms with Crippen LogP contribution in [0.1, 0.15) is 28.2 Å². The molecule has 5 heteroatoms. The third-order valence-electron chi connectivity index (χ3n) is 2.85. The Hall–Kier alpha value is -1.75. The fourth-order valence-corrected chi connectivity index (χ4v) is 2.46. The minimum atomic E-state index is -0.729. The van der Waals surface area contributed by atoms with Crippen LogP contribution in [-0.2, 0) is 0 Å². The lowest BCUT2D eigenvalue weighted by Gasteiger charge is -2.24. The van der Waals surface area contributed by atoms with E-state index in [2.05, 4.69) is 4.98 Å². The van der Waals surface area contributed by atoms with Crippen molar-refractivity contribution in [2.45, 2.75) is 13.0 Å². The maximum absolute atomic E-state index is 13.5. The molecule has 2 rings (SSSR count). The number of carbonyl (C=O) groups excluding carboxylic acids is 1. The highest BCUT2D eigenvalue weighted by atomic mass is 32.1. The summed E-state index contributed by atoms with van der Waals surface area (Å²) < 4.78 is 13.5. The van der Waals surface area contributed by atoms with Crippen molar-refractivity contribution >= 4 is 17.2 Å². The quantitative estimate of drug-likeness (QED) is 0.798. The Balaban J connectivity index is 2.22. The van der Waals surface area contributed by atoms with Gasteiger partial charge in [0, 0.05) is 18.1 Å². The summed E-state index contributed by atoms with van der Waals surface area (Å²) in [5.41, 5.74) is 0.00315. The molecule has 0 saturated heterocycles. The number of aromatic nitrogens is 1. The second kappa shape index (κ2) is 5.27. The van der Waals surface area contributed by atoms with Crippen LogP contribution in [0.25, 0.3) is 0 Å². The number of hydrogen-bond donors (Lipinski definition) is 0. The van der Waals surface area contributed by atoms with Crippen LogP contribution in [0.3, 0.4) is 0 Å². The third-order valence-corrected chi connectivity index (χ3v) is 3.89. The molecule has 0 saturated carbocycles. The molecule has 0 aliphatic rings. The molecule has 2 aromatic heterocycles. The maximum atomic E-state index is 13.5. The maximum Gasteiger partial charge on any atom is 0.258 e. The molecule has 1 unspecified atom stereocenters. The van der Waals surface area contributed by atoms with E-state index in [9.17, 15) is 9.18 Å². The van der Waals surface area contributed by atoms with Gasteiger partial charge in [-0.2, -0.15) is 4.39 Å². The average molecular weight is 264 g/mol. The standard InChI is InChI=1S/C13H13FN2OS/c1-9(11-6-4-8-18-11)16(2)13(17)10-5-3-7-15-12(10)14/h3-9H,1-2H3. The van der Waals surface area contributed by atoms with Gasteiger partial charge >= 0.3 is 0 Å². The van der Waals surface area contributed by atoms with Gasteiger partial charge in [0.15, 0.2) is 0 Å². The Kier molecular flexibility index (Phi) is 3.72. The second-order valence-electron chi connectivity index (χ2n) is 3.95. The Labute approximate surface area is 109 Å². The molecular weight excluding hydrogens is 251 g/mol. The van der Waals surface area contributed by atoms with E-state index in [-0.39, 0.29) is 17.5 Å². The molecule has 1 atom stereocenters. The van der Waals surface area contributed by atoms with Gasteiger partial charge in [0.25, 0.3) is 5.91 Å². The summed E-state index contributed by atoms with van der Waals surface area (Å²) in [6.07, 6.45) is 1.33. The average Bonchev–Trinajstić information content (AvgIpc) is 2.90. The van der Waals surface area contributed by atoms with Gasteiger partial charge in [0.1, 0.15) is 0 Å². The molecule has 0 fully saturated rings. The van der Waals surface area contributed by atoms with Crippen molar-refractivity contribution in [1.29, 1.82) is 0 Å². The van der Waals surface area contributed by atoms with E-state index in [1.807, 2.05) is 24.4 Å². The smallest absolute Gasteiger partial charge is 0.258 e. The molecule has 0 spiro atoms. The van der Waals surface area contributed by atoms with Crippen LogP contribution in [0.5, 0.6) is 0 Å². The zero-order chi connectivity index (χ0) is 13.1. The molecule has 2 heterocycles. The van der Waals surface area contributed by atoms with Gasteiger partial charge in [-0.3, -0.25) is 4.79 Å². The molecule has 94 valence electrons. The van der Waals surface area contributed by atoms with E-state index < -0.39 is 5.95 Å². The Morgan fingerprint density at radius 3 is 2.83 bits per heavy atom. The number of amides is 1. The van der Waals surface area contributed by atoms with Crippen LogP contribution in [0.2, 0.25) is 0 Å². The van der Waals surface area contributed by atoms with Crippen molar-refractivity contribution in [3.05, 3.63) is 52.2 Å².